The van der Waals surface area contributed by atoms with E-state index in [4.69, 9.17) is 5.73 Å². The molecule has 0 atom stereocenters. The van der Waals surface area contributed by atoms with Gasteiger partial charge >= 0.3 is 0 Å². The van der Waals surface area contributed by atoms with Crippen LogP contribution in [0, 0.1) is 6.92 Å². The van der Waals surface area contributed by atoms with Crippen molar-refractivity contribution in [3.63, 3.8) is 0 Å². The molecular formula is C13H23N5O. The Labute approximate surface area is 114 Å². The monoisotopic (exact) mass is 265 g/mol. The number of hydrogen-bond donors (Lipinski definition) is 2. The van der Waals surface area contributed by atoms with Gasteiger partial charge in [-0.3, -0.25) is 4.79 Å². The van der Waals surface area contributed by atoms with Gasteiger partial charge in [-0.1, -0.05) is 6.92 Å². The highest BCUT2D eigenvalue weighted by Crippen LogP contribution is 2.17. The zero-order valence-corrected chi connectivity index (χ0v) is 12.1. The smallest absolute Gasteiger partial charge is 0.237 e. The molecule has 0 bridgehead atoms. The molecule has 19 heavy (non-hydrogen) atoms. The lowest BCUT2D eigenvalue weighted by molar-refractivity contribution is -0.116. The number of hydrogen-bond acceptors (Lipinski definition) is 5. The van der Waals surface area contributed by atoms with Crippen LogP contribution in [-0.4, -0.2) is 35.0 Å². The summed E-state index contributed by atoms with van der Waals surface area (Å²) in [6.07, 6.45) is 1.00. The van der Waals surface area contributed by atoms with Crippen molar-refractivity contribution in [2.45, 2.75) is 40.2 Å². The molecule has 1 aromatic rings. The number of carbonyl (C=O) groups excluding carboxylic acids is 1. The zero-order valence-electron chi connectivity index (χ0n) is 12.1. The second kappa shape index (κ2) is 6.92. The molecular weight excluding hydrogens is 242 g/mol. The van der Waals surface area contributed by atoms with E-state index in [0.717, 1.165) is 24.5 Å². The van der Waals surface area contributed by atoms with Gasteiger partial charge in [0.05, 0.1) is 6.54 Å². The number of nitrogens with two attached hydrogens (primary N) is 1. The van der Waals surface area contributed by atoms with E-state index in [1.807, 2.05) is 31.7 Å². The molecule has 0 aliphatic carbocycles. The largest absolute Gasteiger partial charge is 0.368 e. The lowest BCUT2D eigenvalue weighted by Crippen LogP contribution is -2.39. The van der Waals surface area contributed by atoms with Crippen LogP contribution < -0.4 is 16.0 Å². The minimum atomic E-state index is -0.368. The average Bonchev–Trinajstić information content (AvgIpc) is 2.32. The summed E-state index contributed by atoms with van der Waals surface area (Å²) in [6.45, 7) is 8.96. The third-order valence-electron chi connectivity index (χ3n) is 2.62. The van der Waals surface area contributed by atoms with E-state index >= 15 is 0 Å². The Morgan fingerprint density at radius 1 is 1.47 bits per heavy atom. The van der Waals surface area contributed by atoms with Crippen molar-refractivity contribution in [1.29, 1.82) is 0 Å². The van der Waals surface area contributed by atoms with E-state index in [9.17, 15) is 4.79 Å². The van der Waals surface area contributed by atoms with Crippen molar-refractivity contribution in [3.05, 3.63) is 11.8 Å². The lowest BCUT2D eigenvalue weighted by atomic mass is 10.3. The van der Waals surface area contributed by atoms with E-state index in [-0.39, 0.29) is 18.5 Å². The van der Waals surface area contributed by atoms with Crippen LogP contribution in [0.3, 0.4) is 0 Å². The summed E-state index contributed by atoms with van der Waals surface area (Å²) in [5, 5.41) is 3.16. The Hall–Kier alpha value is -1.85. The summed E-state index contributed by atoms with van der Waals surface area (Å²) >= 11 is 0. The summed E-state index contributed by atoms with van der Waals surface area (Å²) in [5.74, 6) is 0.944. The molecule has 1 aromatic heterocycles. The van der Waals surface area contributed by atoms with Gasteiger partial charge in [-0.05, 0) is 27.2 Å². The van der Waals surface area contributed by atoms with Gasteiger partial charge in [-0.2, -0.15) is 4.98 Å². The van der Waals surface area contributed by atoms with Crippen molar-refractivity contribution in [2.75, 3.05) is 23.3 Å². The first kappa shape index (κ1) is 15.2. The molecule has 0 aromatic carbocycles. The number of aromatic nitrogens is 2. The number of primary amides is 1. The number of amides is 1. The van der Waals surface area contributed by atoms with E-state index in [1.165, 1.54) is 0 Å². The Morgan fingerprint density at radius 3 is 2.68 bits per heavy atom. The Morgan fingerprint density at radius 2 is 2.16 bits per heavy atom. The van der Waals surface area contributed by atoms with Crippen LogP contribution in [0.2, 0.25) is 0 Å². The minimum absolute atomic E-state index is 0.140. The van der Waals surface area contributed by atoms with Crippen LogP contribution >= 0.6 is 0 Å². The molecule has 0 fully saturated rings. The summed E-state index contributed by atoms with van der Waals surface area (Å²) in [4.78, 5) is 21.8. The third kappa shape index (κ3) is 4.73. The van der Waals surface area contributed by atoms with Crippen molar-refractivity contribution in [3.8, 4) is 0 Å². The number of nitrogens with zero attached hydrogens (tertiary/aromatic N) is 3. The molecule has 0 aliphatic rings. The molecule has 0 aliphatic heterocycles. The highest BCUT2D eigenvalue weighted by molar-refractivity contribution is 5.79. The van der Waals surface area contributed by atoms with Crippen LogP contribution in [0.5, 0.6) is 0 Å². The quantitative estimate of drug-likeness (QED) is 0.776. The molecule has 3 N–H and O–H groups in total. The van der Waals surface area contributed by atoms with Crippen molar-refractivity contribution >= 4 is 17.7 Å². The van der Waals surface area contributed by atoms with Crippen molar-refractivity contribution < 1.29 is 4.79 Å². The van der Waals surface area contributed by atoms with E-state index < -0.39 is 0 Å². The van der Waals surface area contributed by atoms with Gasteiger partial charge < -0.3 is 16.0 Å². The van der Waals surface area contributed by atoms with Gasteiger partial charge in [0, 0.05) is 24.3 Å². The molecule has 6 heteroatoms. The molecule has 106 valence electrons. The molecule has 0 spiro atoms. The van der Waals surface area contributed by atoms with Gasteiger partial charge in [-0.25, -0.2) is 4.98 Å². The number of nitrogens with one attached hydrogen (secondary N) is 1. The minimum Gasteiger partial charge on any atom is -0.368 e. The molecule has 6 nitrogen and oxygen atoms in total. The number of rotatable bonds is 7. The fourth-order valence-corrected chi connectivity index (χ4v) is 1.71. The van der Waals surface area contributed by atoms with Gasteiger partial charge in [-0.15, -0.1) is 0 Å². The van der Waals surface area contributed by atoms with Gasteiger partial charge in [0.15, 0.2) is 0 Å². The predicted octanol–water partition coefficient (Wildman–Crippen LogP) is 1.31. The Bertz CT molecular complexity index is 433. The van der Waals surface area contributed by atoms with Crippen LogP contribution in [0.1, 0.15) is 32.9 Å². The molecule has 1 rings (SSSR count). The SMILES string of the molecule is CCCNc1nc(C)cc(N(CC(N)=O)C(C)C)n1. The van der Waals surface area contributed by atoms with Crippen LogP contribution in [-0.2, 0) is 4.79 Å². The lowest BCUT2D eigenvalue weighted by Gasteiger charge is -2.26. The maximum atomic E-state index is 11.2. The van der Waals surface area contributed by atoms with Crippen LogP contribution in [0.4, 0.5) is 11.8 Å². The molecule has 0 radical (unpaired) electrons. The fourth-order valence-electron chi connectivity index (χ4n) is 1.71. The van der Waals surface area contributed by atoms with E-state index in [0.29, 0.717) is 5.95 Å². The van der Waals surface area contributed by atoms with Crippen LogP contribution in [0.15, 0.2) is 6.07 Å². The second-order valence-corrected chi connectivity index (χ2v) is 4.81. The maximum absolute atomic E-state index is 11.2. The molecule has 0 saturated heterocycles. The molecule has 1 heterocycles. The van der Waals surface area contributed by atoms with Crippen molar-refractivity contribution in [2.24, 2.45) is 5.73 Å². The first-order chi connectivity index (χ1) is 8.93. The summed E-state index contributed by atoms with van der Waals surface area (Å²) in [6, 6.07) is 2.00. The third-order valence-corrected chi connectivity index (χ3v) is 2.62. The van der Waals surface area contributed by atoms with Gasteiger partial charge in [0.25, 0.3) is 0 Å². The molecule has 1 amide bonds. The average molecular weight is 265 g/mol. The van der Waals surface area contributed by atoms with Crippen molar-refractivity contribution in [1.82, 2.24) is 9.97 Å². The first-order valence-electron chi connectivity index (χ1n) is 6.58. The summed E-state index contributed by atoms with van der Waals surface area (Å²) in [5.41, 5.74) is 6.15. The standard InChI is InChI=1S/C13H23N5O/c1-5-6-15-13-16-10(4)7-12(17-13)18(9(2)3)8-11(14)19/h7,9H,5-6,8H2,1-4H3,(H2,14,19)(H,15,16,17). The highest BCUT2D eigenvalue weighted by atomic mass is 16.1. The number of carbonyl (C=O) groups is 1. The predicted molar refractivity (Wildman–Crippen MR) is 77.2 cm³/mol. The summed E-state index contributed by atoms with van der Waals surface area (Å²) in [7, 11) is 0. The van der Waals surface area contributed by atoms with Crippen LogP contribution in [0.25, 0.3) is 0 Å². The number of aryl methyl sites for hydroxylation is 1. The molecule has 0 unspecified atom stereocenters. The van der Waals surface area contributed by atoms with Gasteiger partial charge in [0.2, 0.25) is 11.9 Å². The summed E-state index contributed by atoms with van der Waals surface area (Å²) < 4.78 is 0. The van der Waals surface area contributed by atoms with E-state index in [1.54, 1.807) is 0 Å². The van der Waals surface area contributed by atoms with Gasteiger partial charge in [0.1, 0.15) is 5.82 Å². The van der Waals surface area contributed by atoms with E-state index in [2.05, 4.69) is 22.2 Å². The highest BCUT2D eigenvalue weighted by Gasteiger charge is 2.16. The second-order valence-electron chi connectivity index (χ2n) is 4.81. The first-order valence-corrected chi connectivity index (χ1v) is 6.58. The Balaban J connectivity index is 3.01. The topological polar surface area (TPSA) is 84.1 Å². The Kier molecular flexibility index (Phi) is 5.54. The zero-order chi connectivity index (χ0) is 14.4. The molecule has 0 saturated carbocycles. The fraction of sp³-hybridized carbons (Fsp3) is 0.615. The number of anilines is 2. The normalized spacial score (nSPS) is 10.6. The maximum Gasteiger partial charge on any atom is 0.237 e.